The highest BCUT2D eigenvalue weighted by Gasteiger charge is 2.39. The molecule has 1 saturated carbocycles. The van der Waals surface area contributed by atoms with Crippen LogP contribution < -0.4 is 4.72 Å². The Morgan fingerprint density at radius 1 is 1.41 bits per heavy atom. The zero-order valence-corrected chi connectivity index (χ0v) is 11.5. The summed E-state index contributed by atoms with van der Waals surface area (Å²) < 4.78 is 29.9. The number of carbonyl (C=O) groups excluding carboxylic acids is 1. The van der Waals surface area contributed by atoms with Crippen molar-refractivity contribution in [3.8, 4) is 0 Å². The molecule has 0 saturated heterocycles. The summed E-state index contributed by atoms with van der Waals surface area (Å²) in [5, 5.41) is 0. The summed E-state index contributed by atoms with van der Waals surface area (Å²) in [5.41, 5.74) is -0.436. The zero-order valence-electron chi connectivity index (χ0n) is 10.7. The molecule has 1 fully saturated rings. The lowest BCUT2D eigenvalue weighted by atomic mass is 9.72. The third-order valence-corrected chi connectivity index (χ3v) is 5.19. The minimum Gasteiger partial charge on any atom is -0.469 e. The Morgan fingerprint density at radius 3 is 2.35 bits per heavy atom. The van der Waals surface area contributed by atoms with Crippen LogP contribution in [0.5, 0.6) is 0 Å². The molecule has 0 aliphatic heterocycles. The lowest BCUT2D eigenvalue weighted by Crippen LogP contribution is -2.36. The quantitative estimate of drug-likeness (QED) is 0.765. The molecular formula is C11H21NO4S. The van der Waals surface area contributed by atoms with Crippen molar-refractivity contribution in [3.05, 3.63) is 0 Å². The molecular weight excluding hydrogens is 242 g/mol. The fourth-order valence-electron chi connectivity index (χ4n) is 2.33. The van der Waals surface area contributed by atoms with Crippen molar-refractivity contribution in [2.75, 3.05) is 19.9 Å². The molecule has 100 valence electrons. The second-order valence-electron chi connectivity index (χ2n) is 4.98. The van der Waals surface area contributed by atoms with Crippen molar-refractivity contribution < 1.29 is 17.9 Å². The smallest absolute Gasteiger partial charge is 0.311 e. The molecule has 0 atom stereocenters. The van der Waals surface area contributed by atoms with Gasteiger partial charge in [0.1, 0.15) is 0 Å². The summed E-state index contributed by atoms with van der Waals surface area (Å²) in [7, 11) is -0.327. The van der Waals surface area contributed by atoms with E-state index in [1.54, 1.807) is 0 Å². The molecule has 0 amide bonds. The number of rotatable bonds is 4. The highest BCUT2D eigenvalue weighted by Crippen LogP contribution is 2.39. The lowest BCUT2D eigenvalue weighted by molar-refractivity contribution is -0.154. The maximum Gasteiger partial charge on any atom is 0.311 e. The van der Waals surface area contributed by atoms with Crippen molar-refractivity contribution >= 4 is 16.0 Å². The summed E-state index contributed by atoms with van der Waals surface area (Å²) >= 11 is 0. The Balaban J connectivity index is 2.54. The van der Waals surface area contributed by atoms with Gasteiger partial charge < -0.3 is 4.74 Å². The van der Waals surface area contributed by atoms with Gasteiger partial charge in [-0.3, -0.25) is 4.79 Å². The highest BCUT2D eigenvalue weighted by atomic mass is 32.2. The Kier molecular flexibility index (Phi) is 4.55. The van der Waals surface area contributed by atoms with E-state index >= 15 is 0 Å². The van der Waals surface area contributed by atoms with Crippen LogP contribution in [0.25, 0.3) is 0 Å². The van der Waals surface area contributed by atoms with E-state index in [1.807, 2.05) is 6.92 Å². The first-order valence-corrected chi connectivity index (χ1v) is 7.48. The van der Waals surface area contributed by atoms with Crippen LogP contribution >= 0.6 is 0 Å². The van der Waals surface area contributed by atoms with Crippen LogP contribution in [0.4, 0.5) is 0 Å². The number of esters is 1. The number of carbonyl (C=O) groups is 1. The summed E-state index contributed by atoms with van der Waals surface area (Å²) in [6, 6.07) is 0. The molecule has 0 heterocycles. The van der Waals surface area contributed by atoms with E-state index in [4.69, 9.17) is 4.74 Å². The van der Waals surface area contributed by atoms with Gasteiger partial charge in [0, 0.05) is 0 Å². The normalized spacial score (nSPS) is 29.9. The van der Waals surface area contributed by atoms with Crippen LogP contribution in [0.3, 0.4) is 0 Å². The zero-order chi connectivity index (χ0) is 13.1. The van der Waals surface area contributed by atoms with E-state index in [9.17, 15) is 13.2 Å². The van der Waals surface area contributed by atoms with Crippen LogP contribution in [0, 0.1) is 11.3 Å². The van der Waals surface area contributed by atoms with Gasteiger partial charge in [-0.15, -0.1) is 0 Å². The van der Waals surface area contributed by atoms with Crippen LogP contribution in [-0.2, 0) is 19.6 Å². The predicted molar refractivity (Wildman–Crippen MR) is 64.9 cm³/mol. The summed E-state index contributed by atoms with van der Waals surface area (Å²) in [5.74, 6) is 0.110. The summed E-state index contributed by atoms with van der Waals surface area (Å²) in [6.45, 7) is 1.89. The monoisotopic (exact) mass is 263 g/mol. The molecule has 0 unspecified atom stereocenters. The van der Waals surface area contributed by atoms with Crippen molar-refractivity contribution in [1.82, 2.24) is 4.72 Å². The molecule has 0 aromatic heterocycles. The average Bonchev–Trinajstić information content (AvgIpc) is 2.31. The SMILES string of the molecule is CNS(=O)(=O)CC1CCC(C)(C(=O)OC)CC1. The Morgan fingerprint density at radius 2 is 1.94 bits per heavy atom. The molecule has 1 aliphatic rings. The number of hydrogen-bond donors (Lipinski definition) is 1. The van der Waals surface area contributed by atoms with Crippen LogP contribution in [-0.4, -0.2) is 34.3 Å². The summed E-state index contributed by atoms with van der Waals surface area (Å²) in [4.78, 5) is 11.6. The van der Waals surface area contributed by atoms with E-state index in [1.165, 1.54) is 14.2 Å². The van der Waals surface area contributed by atoms with Crippen molar-refractivity contribution in [1.29, 1.82) is 0 Å². The van der Waals surface area contributed by atoms with Gasteiger partial charge in [0.25, 0.3) is 0 Å². The maximum absolute atomic E-state index is 11.6. The molecule has 0 aromatic rings. The first kappa shape index (κ1) is 14.4. The first-order valence-electron chi connectivity index (χ1n) is 5.82. The standard InChI is InChI=1S/C11H21NO4S/c1-11(10(13)16-3)6-4-9(5-7-11)8-17(14,15)12-2/h9,12H,4-8H2,1-3H3. The first-order chi connectivity index (χ1) is 7.83. The lowest BCUT2D eigenvalue weighted by Gasteiger charge is -2.34. The van der Waals surface area contributed by atoms with E-state index in [0.29, 0.717) is 12.8 Å². The molecule has 5 nitrogen and oxygen atoms in total. The number of nitrogens with one attached hydrogen (secondary N) is 1. The fraction of sp³-hybridized carbons (Fsp3) is 0.909. The molecule has 6 heteroatoms. The number of sulfonamides is 1. The second-order valence-corrected chi connectivity index (χ2v) is 6.95. The molecule has 17 heavy (non-hydrogen) atoms. The second kappa shape index (κ2) is 5.35. The van der Waals surface area contributed by atoms with Gasteiger partial charge >= 0.3 is 5.97 Å². The molecule has 0 radical (unpaired) electrons. The number of hydrogen-bond acceptors (Lipinski definition) is 4. The minimum atomic E-state index is -3.15. The average molecular weight is 263 g/mol. The van der Waals surface area contributed by atoms with Gasteiger partial charge in [0.15, 0.2) is 0 Å². The van der Waals surface area contributed by atoms with Crippen LogP contribution in [0.15, 0.2) is 0 Å². The van der Waals surface area contributed by atoms with Crippen LogP contribution in [0.2, 0.25) is 0 Å². The van der Waals surface area contributed by atoms with E-state index in [-0.39, 0.29) is 17.6 Å². The summed E-state index contributed by atoms with van der Waals surface area (Å²) in [6.07, 6.45) is 2.91. The van der Waals surface area contributed by atoms with Gasteiger partial charge in [0.2, 0.25) is 10.0 Å². The largest absolute Gasteiger partial charge is 0.469 e. The predicted octanol–water partition coefficient (Wildman–Crippen LogP) is 0.905. The Hall–Kier alpha value is -0.620. The fourth-order valence-corrected chi connectivity index (χ4v) is 3.45. The van der Waals surface area contributed by atoms with E-state index in [2.05, 4.69) is 4.72 Å². The topological polar surface area (TPSA) is 72.5 Å². The van der Waals surface area contributed by atoms with Crippen LogP contribution in [0.1, 0.15) is 32.6 Å². The van der Waals surface area contributed by atoms with Gasteiger partial charge in [-0.2, -0.15) is 0 Å². The molecule has 0 spiro atoms. The molecule has 1 rings (SSSR count). The Bertz CT molecular complexity index is 369. The maximum atomic E-state index is 11.6. The van der Waals surface area contributed by atoms with Gasteiger partial charge in [-0.05, 0) is 45.6 Å². The van der Waals surface area contributed by atoms with Crippen molar-refractivity contribution in [3.63, 3.8) is 0 Å². The third kappa shape index (κ3) is 3.67. The third-order valence-electron chi connectivity index (χ3n) is 3.65. The number of methoxy groups -OCH3 is 1. The van der Waals surface area contributed by atoms with E-state index < -0.39 is 15.4 Å². The van der Waals surface area contributed by atoms with Gasteiger partial charge in [-0.25, -0.2) is 13.1 Å². The van der Waals surface area contributed by atoms with Crippen molar-refractivity contribution in [2.24, 2.45) is 11.3 Å². The molecule has 0 aromatic carbocycles. The van der Waals surface area contributed by atoms with Crippen molar-refractivity contribution in [2.45, 2.75) is 32.6 Å². The molecule has 0 bridgehead atoms. The van der Waals surface area contributed by atoms with E-state index in [0.717, 1.165) is 12.8 Å². The Labute approximate surface area is 103 Å². The van der Waals surface area contributed by atoms with Gasteiger partial charge in [0.05, 0.1) is 18.3 Å². The highest BCUT2D eigenvalue weighted by molar-refractivity contribution is 7.89. The molecule has 1 N–H and O–H groups in total. The minimum absolute atomic E-state index is 0.144. The molecule has 1 aliphatic carbocycles. The van der Waals surface area contributed by atoms with Gasteiger partial charge in [-0.1, -0.05) is 0 Å². The number of ether oxygens (including phenoxy) is 1.